The van der Waals surface area contributed by atoms with Crippen molar-refractivity contribution in [3.05, 3.63) is 66.1 Å². The van der Waals surface area contributed by atoms with Crippen molar-refractivity contribution in [1.82, 2.24) is 15.3 Å². The Kier molecular flexibility index (Phi) is 4.04. The third-order valence-corrected chi connectivity index (χ3v) is 5.39. The highest BCUT2D eigenvalue weighted by atomic mass is 16.1. The second-order valence-corrected chi connectivity index (χ2v) is 7.29. The SMILES string of the molecule is CC1(NC(=O)C[C@H](c2ccncc2)c2c[nH]c3ccccc23)CCC1. The summed E-state index contributed by atoms with van der Waals surface area (Å²) in [5, 5.41) is 4.41. The summed E-state index contributed by atoms with van der Waals surface area (Å²) in [6.07, 6.45) is 9.42. The van der Waals surface area contributed by atoms with Crippen LogP contribution in [0.1, 0.15) is 49.7 Å². The van der Waals surface area contributed by atoms with E-state index in [0.717, 1.165) is 29.5 Å². The molecule has 2 aromatic heterocycles. The molecule has 1 aliphatic carbocycles. The van der Waals surface area contributed by atoms with Gasteiger partial charge in [-0.05, 0) is 55.5 Å². The molecule has 128 valence electrons. The Morgan fingerprint density at radius 1 is 1.24 bits per heavy atom. The van der Waals surface area contributed by atoms with Crippen molar-refractivity contribution < 1.29 is 4.79 Å². The van der Waals surface area contributed by atoms with Gasteiger partial charge in [-0.15, -0.1) is 0 Å². The van der Waals surface area contributed by atoms with E-state index in [1.807, 2.05) is 30.5 Å². The predicted molar refractivity (Wildman–Crippen MR) is 99.4 cm³/mol. The van der Waals surface area contributed by atoms with Crippen molar-refractivity contribution in [2.75, 3.05) is 0 Å². The third-order valence-electron chi connectivity index (χ3n) is 5.39. The number of fused-ring (bicyclic) bond motifs is 1. The number of benzene rings is 1. The fourth-order valence-corrected chi connectivity index (χ4v) is 3.79. The first kappa shape index (κ1) is 15.9. The van der Waals surface area contributed by atoms with Crippen molar-refractivity contribution >= 4 is 16.8 Å². The number of H-pyrrole nitrogens is 1. The first-order valence-corrected chi connectivity index (χ1v) is 8.92. The van der Waals surface area contributed by atoms with Gasteiger partial charge in [0, 0.05) is 47.4 Å². The second kappa shape index (κ2) is 6.36. The molecule has 1 atom stereocenters. The molecule has 1 aromatic carbocycles. The Hall–Kier alpha value is -2.62. The number of nitrogens with one attached hydrogen (secondary N) is 2. The standard InChI is InChI=1S/C21H23N3O/c1-21(9-4-10-21)24-20(25)13-17(15-7-11-22-12-8-15)18-14-23-19-6-3-2-5-16(18)19/h2-3,5-8,11-12,14,17,23H,4,9-10,13H2,1H3,(H,24,25)/t17-/m1/s1. The number of aromatic nitrogens is 2. The summed E-state index contributed by atoms with van der Waals surface area (Å²) in [4.78, 5) is 20.2. The van der Waals surface area contributed by atoms with Gasteiger partial charge in [0.05, 0.1) is 0 Å². The van der Waals surface area contributed by atoms with Crippen LogP contribution in [0.3, 0.4) is 0 Å². The lowest BCUT2D eigenvalue weighted by molar-refractivity contribution is -0.124. The zero-order chi connectivity index (χ0) is 17.3. The number of hydrogen-bond donors (Lipinski definition) is 2. The van der Waals surface area contributed by atoms with Gasteiger partial charge in [0.1, 0.15) is 0 Å². The summed E-state index contributed by atoms with van der Waals surface area (Å²) in [5.74, 6) is 0.136. The molecule has 3 aromatic rings. The molecule has 0 radical (unpaired) electrons. The number of carbonyl (C=O) groups excluding carboxylic acids is 1. The summed E-state index contributed by atoms with van der Waals surface area (Å²) in [5.41, 5.74) is 3.37. The lowest BCUT2D eigenvalue weighted by Crippen LogP contribution is -2.51. The number of amides is 1. The molecule has 1 fully saturated rings. The van der Waals surface area contributed by atoms with Gasteiger partial charge in [0.25, 0.3) is 0 Å². The van der Waals surface area contributed by atoms with Crippen LogP contribution in [0.5, 0.6) is 0 Å². The molecule has 0 bridgehead atoms. The van der Waals surface area contributed by atoms with E-state index < -0.39 is 0 Å². The number of carbonyl (C=O) groups is 1. The maximum Gasteiger partial charge on any atom is 0.221 e. The highest BCUT2D eigenvalue weighted by Crippen LogP contribution is 2.35. The minimum absolute atomic E-state index is 0.0138. The second-order valence-electron chi connectivity index (χ2n) is 7.29. The third kappa shape index (κ3) is 3.16. The molecule has 1 aliphatic rings. The van der Waals surface area contributed by atoms with Crippen LogP contribution in [0.25, 0.3) is 10.9 Å². The highest BCUT2D eigenvalue weighted by Gasteiger charge is 2.34. The van der Waals surface area contributed by atoms with E-state index in [-0.39, 0.29) is 17.4 Å². The minimum Gasteiger partial charge on any atom is -0.361 e. The Morgan fingerprint density at radius 2 is 2.00 bits per heavy atom. The largest absolute Gasteiger partial charge is 0.361 e. The summed E-state index contributed by atoms with van der Waals surface area (Å²) >= 11 is 0. The van der Waals surface area contributed by atoms with E-state index >= 15 is 0 Å². The van der Waals surface area contributed by atoms with Gasteiger partial charge >= 0.3 is 0 Å². The molecule has 0 saturated heterocycles. The Balaban J connectivity index is 1.66. The smallest absolute Gasteiger partial charge is 0.221 e. The van der Waals surface area contributed by atoms with Gasteiger partial charge in [0.15, 0.2) is 0 Å². The fourth-order valence-electron chi connectivity index (χ4n) is 3.79. The molecular formula is C21H23N3O. The fraction of sp³-hybridized carbons (Fsp3) is 0.333. The minimum atomic E-state index is -0.0138. The van der Waals surface area contributed by atoms with Crippen molar-refractivity contribution in [2.24, 2.45) is 0 Å². The maximum atomic E-state index is 12.7. The Labute approximate surface area is 147 Å². The lowest BCUT2D eigenvalue weighted by atomic mass is 9.78. The average Bonchev–Trinajstić information content (AvgIpc) is 3.03. The number of nitrogens with zero attached hydrogens (tertiary/aromatic N) is 1. The quantitative estimate of drug-likeness (QED) is 0.737. The van der Waals surface area contributed by atoms with Crippen LogP contribution >= 0.6 is 0 Å². The molecule has 2 N–H and O–H groups in total. The van der Waals surface area contributed by atoms with Crippen molar-refractivity contribution in [2.45, 2.75) is 44.1 Å². The number of pyridine rings is 1. The van der Waals surface area contributed by atoms with Crippen LogP contribution in [0.4, 0.5) is 0 Å². The molecule has 2 heterocycles. The Bertz CT molecular complexity index is 880. The first-order chi connectivity index (χ1) is 12.1. The van der Waals surface area contributed by atoms with Crippen LogP contribution in [0.15, 0.2) is 55.0 Å². The van der Waals surface area contributed by atoms with Gasteiger partial charge in [-0.3, -0.25) is 9.78 Å². The number of aromatic amines is 1. The number of rotatable bonds is 5. The summed E-state index contributed by atoms with van der Waals surface area (Å²) in [6, 6.07) is 12.3. The van der Waals surface area contributed by atoms with Crippen molar-refractivity contribution in [3.63, 3.8) is 0 Å². The molecule has 0 spiro atoms. The van der Waals surface area contributed by atoms with E-state index in [2.05, 4.69) is 34.3 Å². The van der Waals surface area contributed by atoms with E-state index in [1.54, 1.807) is 12.4 Å². The lowest BCUT2D eigenvalue weighted by Gasteiger charge is -2.39. The van der Waals surface area contributed by atoms with Crippen molar-refractivity contribution in [1.29, 1.82) is 0 Å². The Morgan fingerprint density at radius 3 is 2.72 bits per heavy atom. The summed E-state index contributed by atoms with van der Waals surface area (Å²) < 4.78 is 0. The highest BCUT2D eigenvalue weighted by molar-refractivity contribution is 5.86. The molecule has 25 heavy (non-hydrogen) atoms. The van der Waals surface area contributed by atoms with E-state index in [1.165, 1.54) is 11.8 Å². The van der Waals surface area contributed by atoms with Crippen LogP contribution in [-0.4, -0.2) is 21.4 Å². The van der Waals surface area contributed by atoms with Crippen molar-refractivity contribution in [3.8, 4) is 0 Å². The monoisotopic (exact) mass is 333 g/mol. The molecule has 0 unspecified atom stereocenters. The summed E-state index contributed by atoms with van der Waals surface area (Å²) in [6.45, 7) is 2.14. The molecular weight excluding hydrogens is 310 g/mol. The zero-order valence-corrected chi connectivity index (χ0v) is 14.5. The van der Waals surface area contributed by atoms with Gasteiger partial charge in [-0.2, -0.15) is 0 Å². The summed E-state index contributed by atoms with van der Waals surface area (Å²) in [7, 11) is 0. The number of hydrogen-bond acceptors (Lipinski definition) is 2. The molecule has 1 amide bonds. The number of para-hydroxylation sites is 1. The molecule has 4 nitrogen and oxygen atoms in total. The van der Waals surface area contributed by atoms with E-state index in [4.69, 9.17) is 0 Å². The molecule has 0 aliphatic heterocycles. The predicted octanol–water partition coefficient (Wildman–Crippen LogP) is 4.14. The topological polar surface area (TPSA) is 57.8 Å². The van der Waals surface area contributed by atoms with Gasteiger partial charge in [0.2, 0.25) is 5.91 Å². The van der Waals surface area contributed by atoms with E-state index in [9.17, 15) is 4.79 Å². The van der Waals surface area contributed by atoms with Gasteiger partial charge < -0.3 is 10.3 Å². The van der Waals surface area contributed by atoms with Crippen LogP contribution < -0.4 is 5.32 Å². The molecule has 1 saturated carbocycles. The van der Waals surface area contributed by atoms with E-state index in [0.29, 0.717) is 6.42 Å². The van der Waals surface area contributed by atoms with Crippen LogP contribution in [0, 0.1) is 0 Å². The molecule has 4 rings (SSSR count). The maximum absolute atomic E-state index is 12.7. The van der Waals surface area contributed by atoms with Gasteiger partial charge in [-0.1, -0.05) is 18.2 Å². The average molecular weight is 333 g/mol. The zero-order valence-electron chi connectivity index (χ0n) is 14.5. The first-order valence-electron chi connectivity index (χ1n) is 8.92. The normalized spacial score (nSPS) is 17.0. The molecule has 4 heteroatoms. The van der Waals surface area contributed by atoms with Crippen LogP contribution in [-0.2, 0) is 4.79 Å². The van der Waals surface area contributed by atoms with Crippen LogP contribution in [0.2, 0.25) is 0 Å². The van der Waals surface area contributed by atoms with Gasteiger partial charge in [-0.25, -0.2) is 0 Å².